The number of carbonyl (C=O) groups is 1. The second-order valence-corrected chi connectivity index (χ2v) is 9.64. The van der Waals surface area contributed by atoms with Crippen molar-refractivity contribution in [2.75, 3.05) is 5.32 Å². The summed E-state index contributed by atoms with van der Waals surface area (Å²) in [6.45, 7) is 0. The molecule has 1 amide bonds. The standard InChI is InChI=1S/C25H20ClF6N5O/c26-13-1-6-19-17(8-13)20(9-21(37-19)25(30,31)32)35-14-2-4-15(5-3-14)36-23(38)18-11-34-22-16(18)7-12(10-33-22)24(27,28)29/h1,6-11,14-15H,2-5H2,(H,33,34)(H,35,37)(H,36,38). The van der Waals surface area contributed by atoms with E-state index in [4.69, 9.17) is 11.6 Å². The molecule has 0 saturated heterocycles. The number of alkyl halides is 6. The number of hydrogen-bond donors (Lipinski definition) is 3. The van der Waals surface area contributed by atoms with Gasteiger partial charge in [0.15, 0.2) is 0 Å². The molecule has 0 atom stereocenters. The van der Waals surface area contributed by atoms with Crippen molar-refractivity contribution in [2.45, 2.75) is 50.1 Å². The molecule has 0 spiro atoms. The summed E-state index contributed by atoms with van der Waals surface area (Å²) in [5.74, 6) is -0.529. The van der Waals surface area contributed by atoms with E-state index in [2.05, 4.69) is 25.6 Å². The van der Waals surface area contributed by atoms with Crippen molar-refractivity contribution in [1.82, 2.24) is 20.3 Å². The number of aromatic nitrogens is 3. The Balaban J connectivity index is 1.27. The van der Waals surface area contributed by atoms with Crippen LogP contribution in [-0.4, -0.2) is 32.9 Å². The minimum absolute atomic E-state index is 0.0543. The zero-order valence-electron chi connectivity index (χ0n) is 19.5. The normalized spacial score (nSPS) is 18.6. The van der Waals surface area contributed by atoms with E-state index in [0.29, 0.717) is 42.3 Å². The quantitative estimate of drug-likeness (QED) is 0.238. The second kappa shape index (κ2) is 9.64. The van der Waals surface area contributed by atoms with Gasteiger partial charge >= 0.3 is 12.4 Å². The molecular weight excluding hydrogens is 536 g/mol. The molecule has 3 N–H and O–H groups in total. The number of carbonyl (C=O) groups excluding carboxylic acids is 1. The molecule has 6 nitrogen and oxygen atoms in total. The number of rotatable bonds is 4. The molecule has 1 saturated carbocycles. The Hall–Kier alpha value is -3.54. The predicted octanol–water partition coefficient (Wildman–Crippen LogP) is 6.96. The summed E-state index contributed by atoms with van der Waals surface area (Å²) < 4.78 is 79.5. The van der Waals surface area contributed by atoms with E-state index >= 15 is 0 Å². The molecule has 3 heterocycles. The first kappa shape index (κ1) is 26.1. The summed E-state index contributed by atoms with van der Waals surface area (Å²) in [5.41, 5.74) is -1.32. The van der Waals surface area contributed by atoms with Crippen LogP contribution in [0.1, 0.15) is 47.3 Å². The van der Waals surface area contributed by atoms with Crippen LogP contribution in [0.2, 0.25) is 5.02 Å². The number of aromatic amines is 1. The fourth-order valence-corrected chi connectivity index (χ4v) is 4.85. The fraction of sp³-hybridized carbons (Fsp3) is 0.320. The zero-order valence-corrected chi connectivity index (χ0v) is 20.2. The molecule has 1 aromatic carbocycles. The van der Waals surface area contributed by atoms with Gasteiger partial charge in [-0.05, 0) is 56.0 Å². The van der Waals surface area contributed by atoms with Gasteiger partial charge in [0.25, 0.3) is 5.91 Å². The third kappa shape index (κ3) is 5.35. The van der Waals surface area contributed by atoms with Gasteiger partial charge in [0.05, 0.1) is 16.6 Å². The summed E-state index contributed by atoms with van der Waals surface area (Å²) in [4.78, 5) is 23.0. The number of halogens is 7. The number of nitrogens with zero attached hydrogens (tertiary/aromatic N) is 2. The van der Waals surface area contributed by atoms with Gasteiger partial charge in [-0.15, -0.1) is 0 Å². The maximum atomic E-state index is 13.4. The topological polar surface area (TPSA) is 82.7 Å². The van der Waals surface area contributed by atoms with Crippen LogP contribution < -0.4 is 10.6 Å². The Bertz CT molecular complexity index is 1510. The maximum Gasteiger partial charge on any atom is 0.433 e. The number of anilines is 1. The first-order chi connectivity index (χ1) is 17.9. The van der Waals surface area contributed by atoms with Crippen LogP contribution in [-0.2, 0) is 12.4 Å². The first-order valence-corrected chi connectivity index (χ1v) is 12.1. The number of benzene rings is 1. The highest BCUT2D eigenvalue weighted by Gasteiger charge is 2.34. The summed E-state index contributed by atoms with van der Waals surface area (Å²) in [5, 5.41) is 6.92. The van der Waals surface area contributed by atoms with E-state index in [1.807, 2.05) is 0 Å². The van der Waals surface area contributed by atoms with Crippen molar-refractivity contribution in [1.29, 1.82) is 0 Å². The van der Waals surface area contributed by atoms with Crippen molar-refractivity contribution < 1.29 is 31.1 Å². The first-order valence-electron chi connectivity index (χ1n) is 11.7. The number of fused-ring (bicyclic) bond motifs is 2. The van der Waals surface area contributed by atoms with Gasteiger partial charge in [-0.3, -0.25) is 4.79 Å². The van der Waals surface area contributed by atoms with Crippen LogP contribution in [0.3, 0.4) is 0 Å². The molecule has 200 valence electrons. The van der Waals surface area contributed by atoms with Crippen molar-refractivity contribution >= 4 is 45.1 Å². The van der Waals surface area contributed by atoms with Crippen LogP contribution >= 0.6 is 11.6 Å². The number of amides is 1. The van der Waals surface area contributed by atoms with E-state index in [0.717, 1.165) is 12.1 Å². The lowest BCUT2D eigenvalue weighted by molar-refractivity contribution is -0.141. The SMILES string of the molecule is O=C(NC1CCC(Nc2cc(C(F)(F)F)nc3ccc(Cl)cc23)CC1)c1c[nH]c2ncc(C(F)(F)F)cc12. The summed E-state index contributed by atoms with van der Waals surface area (Å²) in [6, 6.07) is 5.89. The molecule has 4 aromatic rings. The van der Waals surface area contributed by atoms with E-state index in [1.54, 1.807) is 6.07 Å². The summed E-state index contributed by atoms with van der Waals surface area (Å²) in [7, 11) is 0. The average Bonchev–Trinajstić information content (AvgIpc) is 3.28. The number of pyridine rings is 2. The van der Waals surface area contributed by atoms with E-state index < -0.39 is 29.5 Å². The number of hydrogen-bond acceptors (Lipinski definition) is 4. The van der Waals surface area contributed by atoms with Gasteiger partial charge in [-0.25, -0.2) is 9.97 Å². The van der Waals surface area contributed by atoms with E-state index in [1.165, 1.54) is 18.3 Å². The lowest BCUT2D eigenvalue weighted by atomic mass is 9.90. The molecule has 3 aromatic heterocycles. The highest BCUT2D eigenvalue weighted by atomic mass is 35.5. The molecule has 1 aliphatic rings. The number of nitrogens with one attached hydrogen (secondary N) is 3. The van der Waals surface area contributed by atoms with Crippen LogP contribution in [0.5, 0.6) is 0 Å². The molecule has 0 bridgehead atoms. The molecule has 1 aliphatic carbocycles. The average molecular weight is 556 g/mol. The van der Waals surface area contributed by atoms with Crippen molar-refractivity contribution in [3.63, 3.8) is 0 Å². The minimum Gasteiger partial charge on any atom is -0.382 e. The zero-order chi connectivity index (χ0) is 27.2. The van der Waals surface area contributed by atoms with Gasteiger partial charge in [-0.2, -0.15) is 26.3 Å². The number of H-pyrrole nitrogens is 1. The Morgan fingerprint density at radius 1 is 0.947 bits per heavy atom. The highest BCUT2D eigenvalue weighted by Crippen LogP contribution is 2.36. The lowest BCUT2D eigenvalue weighted by Gasteiger charge is -2.30. The molecule has 38 heavy (non-hydrogen) atoms. The van der Waals surface area contributed by atoms with Gasteiger partial charge in [0, 0.05) is 46.0 Å². The summed E-state index contributed by atoms with van der Waals surface area (Å²) >= 11 is 6.06. The van der Waals surface area contributed by atoms with Gasteiger partial charge in [0.2, 0.25) is 0 Å². The lowest BCUT2D eigenvalue weighted by Crippen LogP contribution is -2.40. The Morgan fingerprint density at radius 3 is 2.34 bits per heavy atom. The Morgan fingerprint density at radius 2 is 1.66 bits per heavy atom. The van der Waals surface area contributed by atoms with Crippen LogP contribution in [0.4, 0.5) is 32.0 Å². The molecule has 1 fully saturated rings. The summed E-state index contributed by atoms with van der Waals surface area (Å²) in [6.07, 6.45) is -5.06. The molecule has 5 rings (SSSR count). The second-order valence-electron chi connectivity index (χ2n) is 9.20. The third-order valence-electron chi connectivity index (χ3n) is 6.59. The van der Waals surface area contributed by atoms with Crippen LogP contribution in [0, 0.1) is 0 Å². The van der Waals surface area contributed by atoms with Gasteiger partial charge < -0.3 is 15.6 Å². The van der Waals surface area contributed by atoms with Crippen LogP contribution in [0.25, 0.3) is 21.9 Å². The van der Waals surface area contributed by atoms with E-state index in [9.17, 15) is 31.1 Å². The molecule has 0 aliphatic heterocycles. The van der Waals surface area contributed by atoms with Crippen molar-refractivity contribution in [2.24, 2.45) is 0 Å². The minimum atomic E-state index is -4.62. The predicted molar refractivity (Wildman–Crippen MR) is 130 cm³/mol. The molecule has 0 unspecified atom stereocenters. The van der Waals surface area contributed by atoms with Crippen molar-refractivity contribution in [3.05, 3.63) is 64.6 Å². The molecule has 13 heteroatoms. The van der Waals surface area contributed by atoms with Gasteiger partial charge in [0.1, 0.15) is 11.3 Å². The Labute approximate surface area is 216 Å². The molecule has 0 radical (unpaired) electrons. The smallest absolute Gasteiger partial charge is 0.382 e. The Kier molecular flexibility index (Phi) is 6.62. The van der Waals surface area contributed by atoms with Gasteiger partial charge in [-0.1, -0.05) is 11.6 Å². The molecular formula is C25H20ClF6N5O. The highest BCUT2D eigenvalue weighted by molar-refractivity contribution is 6.31. The largest absolute Gasteiger partial charge is 0.433 e. The monoisotopic (exact) mass is 555 g/mol. The maximum absolute atomic E-state index is 13.4. The van der Waals surface area contributed by atoms with Crippen LogP contribution in [0.15, 0.2) is 42.7 Å². The van der Waals surface area contributed by atoms with E-state index in [-0.39, 0.29) is 39.9 Å². The van der Waals surface area contributed by atoms with Crippen molar-refractivity contribution in [3.8, 4) is 0 Å². The fourth-order valence-electron chi connectivity index (χ4n) is 4.67. The third-order valence-corrected chi connectivity index (χ3v) is 6.82.